The molecule has 0 aromatic carbocycles. The van der Waals surface area contributed by atoms with Gasteiger partial charge >= 0.3 is 5.97 Å². The SMILES string of the molecule is CC(O)CCCCCC/C=C\CCCC(=O)O. The van der Waals surface area contributed by atoms with Gasteiger partial charge in [-0.2, -0.15) is 0 Å². The van der Waals surface area contributed by atoms with Crippen LogP contribution in [-0.2, 0) is 4.79 Å². The lowest BCUT2D eigenvalue weighted by Gasteiger charge is -2.02. The highest BCUT2D eigenvalue weighted by molar-refractivity contribution is 5.66. The Hall–Kier alpha value is -0.830. The molecule has 3 nitrogen and oxygen atoms in total. The number of hydrogen-bond donors (Lipinski definition) is 2. The molecule has 0 bridgehead atoms. The Morgan fingerprint density at radius 2 is 1.65 bits per heavy atom. The predicted molar refractivity (Wildman–Crippen MR) is 70.0 cm³/mol. The highest BCUT2D eigenvalue weighted by Crippen LogP contribution is 2.08. The number of rotatable bonds is 11. The number of allylic oxidation sites excluding steroid dienone is 2. The molecule has 17 heavy (non-hydrogen) atoms. The van der Waals surface area contributed by atoms with Gasteiger partial charge in [-0.1, -0.05) is 31.4 Å². The lowest BCUT2D eigenvalue weighted by molar-refractivity contribution is -0.137. The third-order valence-electron chi connectivity index (χ3n) is 2.67. The molecular weight excluding hydrogens is 216 g/mol. The molecule has 2 N–H and O–H groups in total. The van der Waals surface area contributed by atoms with E-state index >= 15 is 0 Å². The first kappa shape index (κ1) is 16.2. The molecule has 0 saturated carbocycles. The topological polar surface area (TPSA) is 57.5 Å². The molecule has 0 saturated heterocycles. The lowest BCUT2D eigenvalue weighted by Crippen LogP contribution is -1.98. The van der Waals surface area contributed by atoms with Gasteiger partial charge < -0.3 is 10.2 Å². The van der Waals surface area contributed by atoms with Crippen molar-refractivity contribution in [1.29, 1.82) is 0 Å². The quantitative estimate of drug-likeness (QED) is 0.430. The monoisotopic (exact) mass is 242 g/mol. The van der Waals surface area contributed by atoms with E-state index in [1.165, 1.54) is 19.3 Å². The van der Waals surface area contributed by atoms with Crippen LogP contribution in [0.15, 0.2) is 12.2 Å². The van der Waals surface area contributed by atoms with Gasteiger partial charge in [0.1, 0.15) is 0 Å². The highest BCUT2D eigenvalue weighted by atomic mass is 16.4. The van der Waals surface area contributed by atoms with Crippen LogP contribution in [0, 0.1) is 0 Å². The molecule has 0 aliphatic carbocycles. The van der Waals surface area contributed by atoms with Crippen molar-refractivity contribution in [2.75, 3.05) is 0 Å². The molecule has 3 heteroatoms. The molecule has 1 atom stereocenters. The number of carboxylic acid groups (broad SMARTS) is 1. The summed E-state index contributed by atoms with van der Waals surface area (Å²) in [4.78, 5) is 10.2. The molecular formula is C14H26O3. The van der Waals surface area contributed by atoms with E-state index in [0.29, 0.717) is 0 Å². The maximum absolute atomic E-state index is 10.2. The minimum atomic E-state index is -0.712. The normalized spacial score (nSPS) is 13.1. The van der Waals surface area contributed by atoms with Crippen LogP contribution in [0.2, 0.25) is 0 Å². The van der Waals surface area contributed by atoms with Gasteiger partial charge in [0.15, 0.2) is 0 Å². The van der Waals surface area contributed by atoms with E-state index in [1.54, 1.807) is 0 Å². The third-order valence-corrected chi connectivity index (χ3v) is 2.67. The molecule has 0 aliphatic heterocycles. The maximum atomic E-state index is 10.2. The maximum Gasteiger partial charge on any atom is 0.303 e. The Morgan fingerprint density at radius 1 is 1.06 bits per heavy atom. The summed E-state index contributed by atoms with van der Waals surface area (Å²) in [7, 11) is 0. The van der Waals surface area contributed by atoms with Crippen LogP contribution < -0.4 is 0 Å². The van der Waals surface area contributed by atoms with Crippen LogP contribution in [-0.4, -0.2) is 22.3 Å². The van der Waals surface area contributed by atoms with E-state index in [-0.39, 0.29) is 12.5 Å². The van der Waals surface area contributed by atoms with Crippen molar-refractivity contribution < 1.29 is 15.0 Å². The largest absolute Gasteiger partial charge is 0.481 e. The van der Waals surface area contributed by atoms with Gasteiger partial charge in [-0.15, -0.1) is 0 Å². The number of aliphatic hydroxyl groups is 1. The van der Waals surface area contributed by atoms with Crippen molar-refractivity contribution in [2.45, 2.75) is 70.8 Å². The average molecular weight is 242 g/mol. The summed E-state index contributed by atoms with van der Waals surface area (Å²) >= 11 is 0. The Balaban J connectivity index is 3.11. The van der Waals surface area contributed by atoms with Crippen molar-refractivity contribution in [3.63, 3.8) is 0 Å². The standard InChI is InChI=1S/C14H26O3/c1-13(15)11-9-7-5-3-2-4-6-8-10-12-14(16)17/h4,6,13,15H,2-3,5,7-12H2,1H3,(H,16,17)/b6-4-. The van der Waals surface area contributed by atoms with Crippen molar-refractivity contribution in [3.05, 3.63) is 12.2 Å². The van der Waals surface area contributed by atoms with Crippen molar-refractivity contribution in [2.24, 2.45) is 0 Å². The first-order valence-corrected chi connectivity index (χ1v) is 6.67. The Labute approximate surface area is 105 Å². The lowest BCUT2D eigenvalue weighted by atomic mass is 10.1. The molecule has 1 unspecified atom stereocenters. The van der Waals surface area contributed by atoms with Crippen LogP contribution >= 0.6 is 0 Å². The first-order valence-electron chi connectivity index (χ1n) is 6.67. The summed E-state index contributed by atoms with van der Waals surface area (Å²) in [5.41, 5.74) is 0. The Kier molecular flexibility index (Phi) is 11.1. The first-order chi connectivity index (χ1) is 8.13. The molecule has 0 aromatic heterocycles. The summed E-state index contributed by atoms with van der Waals surface area (Å²) in [5.74, 6) is -0.712. The average Bonchev–Trinajstić information content (AvgIpc) is 2.25. The van der Waals surface area contributed by atoms with Crippen LogP contribution in [0.25, 0.3) is 0 Å². The predicted octanol–water partition coefficient (Wildman–Crippen LogP) is 3.52. The summed E-state index contributed by atoms with van der Waals surface area (Å²) in [6, 6.07) is 0. The molecule has 0 spiro atoms. The molecule has 0 amide bonds. The number of carboxylic acids is 1. The van der Waals surface area contributed by atoms with Crippen LogP contribution in [0.3, 0.4) is 0 Å². The number of unbranched alkanes of at least 4 members (excludes halogenated alkanes) is 5. The van der Waals surface area contributed by atoms with Gasteiger partial charge in [-0.25, -0.2) is 0 Å². The van der Waals surface area contributed by atoms with Gasteiger partial charge in [-0.3, -0.25) is 4.79 Å². The number of carbonyl (C=O) groups is 1. The fourth-order valence-electron chi connectivity index (χ4n) is 1.66. The molecule has 0 rings (SSSR count). The Bertz CT molecular complexity index is 210. The van der Waals surface area contributed by atoms with Gasteiger partial charge in [0.2, 0.25) is 0 Å². The molecule has 0 fully saturated rings. The smallest absolute Gasteiger partial charge is 0.303 e. The highest BCUT2D eigenvalue weighted by Gasteiger charge is 1.95. The summed E-state index contributed by atoms with van der Waals surface area (Å²) < 4.78 is 0. The zero-order valence-corrected chi connectivity index (χ0v) is 10.9. The van der Waals surface area contributed by atoms with Gasteiger partial charge in [0.05, 0.1) is 6.10 Å². The fraction of sp³-hybridized carbons (Fsp3) is 0.786. The minimum absolute atomic E-state index is 0.163. The summed E-state index contributed by atoms with van der Waals surface area (Å²) in [5, 5.41) is 17.5. The van der Waals surface area contributed by atoms with Crippen molar-refractivity contribution >= 4 is 5.97 Å². The summed E-state index contributed by atoms with van der Waals surface area (Å²) in [6.07, 6.45) is 12.6. The second kappa shape index (κ2) is 11.6. The van der Waals surface area contributed by atoms with Crippen molar-refractivity contribution in [3.8, 4) is 0 Å². The van der Waals surface area contributed by atoms with Crippen LogP contribution in [0.4, 0.5) is 0 Å². The van der Waals surface area contributed by atoms with Gasteiger partial charge in [-0.05, 0) is 39.0 Å². The van der Waals surface area contributed by atoms with E-state index in [0.717, 1.165) is 32.1 Å². The molecule has 0 radical (unpaired) electrons. The zero-order chi connectivity index (χ0) is 12.9. The fourth-order valence-corrected chi connectivity index (χ4v) is 1.66. The molecule has 0 heterocycles. The van der Waals surface area contributed by atoms with Gasteiger partial charge in [0, 0.05) is 6.42 Å². The molecule has 100 valence electrons. The van der Waals surface area contributed by atoms with Crippen LogP contribution in [0.5, 0.6) is 0 Å². The zero-order valence-electron chi connectivity index (χ0n) is 10.9. The van der Waals surface area contributed by atoms with Crippen molar-refractivity contribution in [1.82, 2.24) is 0 Å². The third kappa shape index (κ3) is 15.2. The Morgan fingerprint density at radius 3 is 2.24 bits per heavy atom. The minimum Gasteiger partial charge on any atom is -0.481 e. The van der Waals surface area contributed by atoms with E-state index < -0.39 is 5.97 Å². The number of aliphatic hydroxyl groups excluding tert-OH is 1. The van der Waals surface area contributed by atoms with E-state index in [2.05, 4.69) is 12.2 Å². The molecule has 0 aliphatic rings. The van der Waals surface area contributed by atoms with E-state index in [1.807, 2.05) is 6.92 Å². The number of aliphatic carboxylic acids is 1. The van der Waals surface area contributed by atoms with Gasteiger partial charge in [0.25, 0.3) is 0 Å². The van der Waals surface area contributed by atoms with E-state index in [9.17, 15) is 4.79 Å². The molecule has 0 aromatic rings. The summed E-state index contributed by atoms with van der Waals surface area (Å²) in [6.45, 7) is 1.83. The van der Waals surface area contributed by atoms with E-state index in [4.69, 9.17) is 10.2 Å². The second-order valence-electron chi connectivity index (χ2n) is 4.60. The van der Waals surface area contributed by atoms with Crippen LogP contribution in [0.1, 0.15) is 64.7 Å². The second-order valence-corrected chi connectivity index (χ2v) is 4.60. The number of hydrogen-bond acceptors (Lipinski definition) is 2.